The number of carboxylic acid groups (broad SMARTS) is 1. The number of carboxylic acids is 1. The van der Waals surface area contributed by atoms with Gasteiger partial charge >= 0.3 is 5.97 Å². The molecule has 0 saturated heterocycles. The highest BCUT2D eigenvalue weighted by atomic mass is 35.5. The standard InChI is InChI=1S/C10H10ClN3O2/c11-8-3-1-7(2-4-8)5-9(13-14-12)6-10(15)16/h1-4,9H,5-6H2,(H,15,16)/t9-/m1/s1. The Kier molecular flexibility index (Phi) is 4.64. The lowest BCUT2D eigenvalue weighted by atomic mass is 10.0. The predicted octanol–water partition coefficient (Wildman–Crippen LogP) is 3.04. The minimum Gasteiger partial charge on any atom is -0.481 e. The third-order valence-electron chi connectivity index (χ3n) is 2.01. The first-order chi connectivity index (χ1) is 7.61. The topological polar surface area (TPSA) is 86.1 Å². The third-order valence-corrected chi connectivity index (χ3v) is 2.26. The van der Waals surface area contributed by atoms with Gasteiger partial charge in [0.25, 0.3) is 0 Å². The predicted molar refractivity (Wildman–Crippen MR) is 60.3 cm³/mol. The summed E-state index contributed by atoms with van der Waals surface area (Å²) >= 11 is 5.72. The average Bonchev–Trinajstić information content (AvgIpc) is 2.21. The Labute approximate surface area is 97.3 Å². The molecule has 0 aliphatic rings. The van der Waals surface area contributed by atoms with Gasteiger partial charge in [-0.2, -0.15) is 0 Å². The van der Waals surface area contributed by atoms with Crippen LogP contribution in [0.15, 0.2) is 29.4 Å². The molecule has 16 heavy (non-hydrogen) atoms. The van der Waals surface area contributed by atoms with Crippen LogP contribution in [-0.4, -0.2) is 17.1 Å². The third kappa shape index (κ3) is 4.21. The Hall–Kier alpha value is -1.71. The van der Waals surface area contributed by atoms with Crippen molar-refractivity contribution in [2.45, 2.75) is 18.9 Å². The monoisotopic (exact) mass is 239 g/mol. The molecule has 1 aromatic carbocycles. The summed E-state index contributed by atoms with van der Waals surface area (Å²) in [6.07, 6.45) is 0.222. The second-order valence-corrected chi connectivity index (χ2v) is 3.72. The molecule has 6 heteroatoms. The van der Waals surface area contributed by atoms with Gasteiger partial charge in [0.15, 0.2) is 0 Å². The van der Waals surface area contributed by atoms with Crippen LogP contribution in [0.2, 0.25) is 5.02 Å². The molecule has 0 aliphatic heterocycles. The molecule has 0 heterocycles. The first-order valence-corrected chi connectivity index (χ1v) is 5.00. The Bertz CT molecular complexity index is 413. The van der Waals surface area contributed by atoms with Gasteiger partial charge in [0.05, 0.1) is 12.5 Å². The van der Waals surface area contributed by atoms with Crippen molar-refractivity contribution in [3.8, 4) is 0 Å². The molecule has 0 unspecified atom stereocenters. The van der Waals surface area contributed by atoms with Crippen LogP contribution in [0, 0.1) is 0 Å². The van der Waals surface area contributed by atoms with Gasteiger partial charge in [0.1, 0.15) is 0 Å². The fourth-order valence-corrected chi connectivity index (χ4v) is 1.45. The number of carbonyl (C=O) groups is 1. The minimum atomic E-state index is -0.980. The smallest absolute Gasteiger partial charge is 0.303 e. The average molecular weight is 240 g/mol. The number of azide groups is 1. The van der Waals surface area contributed by atoms with E-state index in [4.69, 9.17) is 22.2 Å². The molecule has 84 valence electrons. The van der Waals surface area contributed by atoms with Gasteiger partial charge in [-0.05, 0) is 29.6 Å². The number of aliphatic carboxylic acids is 1. The maximum atomic E-state index is 10.5. The van der Waals surface area contributed by atoms with E-state index in [0.29, 0.717) is 11.4 Å². The molecule has 1 aromatic rings. The van der Waals surface area contributed by atoms with Crippen LogP contribution in [0.3, 0.4) is 0 Å². The van der Waals surface area contributed by atoms with E-state index in [1.807, 2.05) is 0 Å². The quantitative estimate of drug-likeness (QED) is 0.486. The van der Waals surface area contributed by atoms with Crippen molar-refractivity contribution in [2.75, 3.05) is 0 Å². The van der Waals surface area contributed by atoms with E-state index in [0.717, 1.165) is 5.56 Å². The van der Waals surface area contributed by atoms with E-state index >= 15 is 0 Å². The highest BCUT2D eigenvalue weighted by Crippen LogP contribution is 2.13. The molecule has 0 spiro atoms. The Morgan fingerprint density at radius 1 is 1.50 bits per heavy atom. The lowest BCUT2D eigenvalue weighted by Crippen LogP contribution is -2.13. The fraction of sp³-hybridized carbons (Fsp3) is 0.300. The molecule has 0 aromatic heterocycles. The van der Waals surface area contributed by atoms with Gasteiger partial charge < -0.3 is 5.11 Å². The van der Waals surface area contributed by atoms with Gasteiger partial charge in [0, 0.05) is 9.93 Å². The number of halogens is 1. The van der Waals surface area contributed by atoms with Crippen LogP contribution in [0.5, 0.6) is 0 Å². The highest BCUT2D eigenvalue weighted by Gasteiger charge is 2.11. The number of rotatable bonds is 5. The lowest BCUT2D eigenvalue weighted by Gasteiger charge is -2.08. The summed E-state index contributed by atoms with van der Waals surface area (Å²) in [5.41, 5.74) is 9.21. The summed E-state index contributed by atoms with van der Waals surface area (Å²) in [5.74, 6) is -0.980. The molecule has 0 saturated carbocycles. The largest absolute Gasteiger partial charge is 0.481 e. The summed E-state index contributed by atoms with van der Waals surface area (Å²) in [6.45, 7) is 0. The van der Waals surface area contributed by atoms with Crippen molar-refractivity contribution >= 4 is 17.6 Å². The number of benzene rings is 1. The van der Waals surface area contributed by atoms with Gasteiger partial charge in [-0.1, -0.05) is 28.8 Å². The number of hydrogen-bond donors (Lipinski definition) is 1. The maximum absolute atomic E-state index is 10.5. The van der Waals surface area contributed by atoms with Crippen molar-refractivity contribution in [3.05, 3.63) is 45.3 Å². The van der Waals surface area contributed by atoms with E-state index < -0.39 is 12.0 Å². The summed E-state index contributed by atoms with van der Waals surface area (Å²) in [7, 11) is 0. The summed E-state index contributed by atoms with van der Waals surface area (Å²) in [6, 6.07) is 6.42. The molecule has 1 rings (SSSR count). The van der Waals surface area contributed by atoms with E-state index in [9.17, 15) is 4.79 Å². The summed E-state index contributed by atoms with van der Waals surface area (Å²) in [5, 5.41) is 12.7. The van der Waals surface area contributed by atoms with Crippen LogP contribution >= 0.6 is 11.6 Å². The molecule has 0 amide bonds. The van der Waals surface area contributed by atoms with Crippen molar-refractivity contribution in [1.82, 2.24) is 0 Å². The molecule has 0 aliphatic carbocycles. The second kappa shape index (κ2) is 6.00. The van der Waals surface area contributed by atoms with Gasteiger partial charge in [-0.15, -0.1) is 0 Å². The molecule has 0 bridgehead atoms. The van der Waals surface area contributed by atoms with E-state index in [-0.39, 0.29) is 6.42 Å². The Morgan fingerprint density at radius 2 is 2.12 bits per heavy atom. The molecule has 0 fully saturated rings. The second-order valence-electron chi connectivity index (χ2n) is 3.29. The normalized spacial score (nSPS) is 11.6. The van der Waals surface area contributed by atoms with Crippen molar-refractivity contribution in [3.63, 3.8) is 0 Å². The van der Waals surface area contributed by atoms with Crippen molar-refractivity contribution in [1.29, 1.82) is 0 Å². The molecule has 5 nitrogen and oxygen atoms in total. The molecular weight excluding hydrogens is 230 g/mol. The van der Waals surface area contributed by atoms with E-state index in [1.165, 1.54) is 0 Å². The van der Waals surface area contributed by atoms with Gasteiger partial charge in [-0.25, -0.2) is 0 Å². The van der Waals surface area contributed by atoms with Crippen molar-refractivity contribution in [2.24, 2.45) is 5.11 Å². The zero-order valence-corrected chi connectivity index (χ0v) is 9.13. The minimum absolute atomic E-state index is 0.174. The SMILES string of the molecule is [N-]=[N+]=N[C@@H](CC(=O)O)Cc1ccc(Cl)cc1. The number of nitrogens with zero attached hydrogens (tertiary/aromatic N) is 3. The van der Waals surface area contributed by atoms with Crippen LogP contribution in [0.1, 0.15) is 12.0 Å². The molecule has 1 atom stereocenters. The molecule has 0 radical (unpaired) electrons. The van der Waals surface area contributed by atoms with E-state index in [1.54, 1.807) is 24.3 Å². The summed E-state index contributed by atoms with van der Waals surface area (Å²) in [4.78, 5) is 13.2. The number of hydrogen-bond acceptors (Lipinski definition) is 2. The highest BCUT2D eigenvalue weighted by molar-refractivity contribution is 6.30. The zero-order chi connectivity index (χ0) is 12.0. The van der Waals surface area contributed by atoms with Crippen LogP contribution < -0.4 is 0 Å². The van der Waals surface area contributed by atoms with Crippen molar-refractivity contribution < 1.29 is 9.90 Å². The van der Waals surface area contributed by atoms with Crippen LogP contribution in [-0.2, 0) is 11.2 Å². The Morgan fingerprint density at radius 3 is 2.62 bits per heavy atom. The first kappa shape index (κ1) is 12.4. The van der Waals surface area contributed by atoms with Gasteiger partial charge in [0.2, 0.25) is 0 Å². The lowest BCUT2D eigenvalue weighted by molar-refractivity contribution is -0.137. The fourth-order valence-electron chi connectivity index (χ4n) is 1.32. The first-order valence-electron chi connectivity index (χ1n) is 4.62. The maximum Gasteiger partial charge on any atom is 0.303 e. The summed E-state index contributed by atoms with van der Waals surface area (Å²) < 4.78 is 0. The molecule has 1 N–H and O–H groups in total. The molecular formula is C10H10ClN3O2. The van der Waals surface area contributed by atoms with E-state index in [2.05, 4.69) is 10.0 Å². The van der Waals surface area contributed by atoms with Gasteiger partial charge in [-0.3, -0.25) is 4.79 Å². The Balaban J connectivity index is 2.71. The zero-order valence-electron chi connectivity index (χ0n) is 8.38. The van der Waals surface area contributed by atoms with Crippen LogP contribution in [0.25, 0.3) is 10.4 Å². The van der Waals surface area contributed by atoms with Crippen LogP contribution in [0.4, 0.5) is 0 Å².